The fraction of sp³-hybridized carbons (Fsp3) is 0.375. The van der Waals surface area contributed by atoms with Crippen LogP contribution in [0.3, 0.4) is 0 Å². The summed E-state index contributed by atoms with van der Waals surface area (Å²) < 4.78 is 6.59. The minimum atomic E-state index is -0.337. The van der Waals surface area contributed by atoms with E-state index in [2.05, 4.69) is 6.07 Å². The molecule has 3 aromatic rings. The van der Waals surface area contributed by atoms with Crippen LogP contribution in [0.1, 0.15) is 48.6 Å². The minimum Gasteiger partial charge on any atom is -0.455 e. The quantitative estimate of drug-likeness (QED) is 0.539. The van der Waals surface area contributed by atoms with Crippen LogP contribution in [0.5, 0.6) is 0 Å². The molecule has 1 fully saturated rings. The van der Waals surface area contributed by atoms with E-state index in [4.69, 9.17) is 9.72 Å². The molecular weight excluding hydrogens is 396 g/mol. The Morgan fingerprint density at radius 1 is 1.17 bits per heavy atom. The standard InChI is InChI=1S/C24H26N2O3S/c1-2-19(17-9-4-3-5-10-17)24(28)29-16-22(27)26-14-8-11-18(15-26)23-25-20-12-6-7-13-21(20)30-23/h3-7,9-10,12-13,18-19H,2,8,11,14-16H2,1H3/t18-,19-/m0/s1. The lowest BCUT2D eigenvalue weighted by molar-refractivity contribution is -0.153. The summed E-state index contributed by atoms with van der Waals surface area (Å²) in [5.74, 6) is -0.562. The van der Waals surface area contributed by atoms with Gasteiger partial charge in [0.25, 0.3) is 5.91 Å². The summed E-state index contributed by atoms with van der Waals surface area (Å²) in [5.41, 5.74) is 1.94. The van der Waals surface area contributed by atoms with Crippen LogP contribution in [0.25, 0.3) is 10.2 Å². The summed E-state index contributed by atoms with van der Waals surface area (Å²) in [7, 11) is 0. The van der Waals surface area contributed by atoms with Crippen LogP contribution in [0.15, 0.2) is 54.6 Å². The highest BCUT2D eigenvalue weighted by Crippen LogP contribution is 2.33. The number of thiazole rings is 1. The summed E-state index contributed by atoms with van der Waals surface area (Å²) in [4.78, 5) is 31.9. The molecule has 1 saturated heterocycles. The summed E-state index contributed by atoms with van der Waals surface area (Å²) in [6.07, 6.45) is 2.59. The number of ether oxygens (including phenoxy) is 1. The first-order valence-corrected chi connectivity index (χ1v) is 11.3. The summed E-state index contributed by atoms with van der Waals surface area (Å²) in [6, 6.07) is 17.7. The van der Waals surface area contributed by atoms with Crippen LogP contribution < -0.4 is 0 Å². The molecule has 30 heavy (non-hydrogen) atoms. The number of fused-ring (bicyclic) bond motifs is 1. The predicted molar refractivity (Wildman–Crippen MR) is 119 cm³/mol. The zero-order valence-corrected chi connectivity index (χ0v) is 17.9. The van der Waals surface area contributed by atoms with Crippen molar-refractivity contribution < 1.29 is 14.3 Å². The number of para-hydroxylation sites is 1. The van der Waals surface area contributed by atoms with E-state index in [0.29, 0.717) is 19.5 Å². The van der Waals surface area contributed by atoms with E-state index >= 15 is 0 Å². The van der Waals surface area contributed by atoms with Crippen molar-refractivity contribution in [3.05, 3.63) is 65.2 Å². The van der Waals surface area contributed by atoms with Crippen molar-refractivity contribution in [3.63, 3.8) is 0 Å². The van der Waals surface area contributed by atoms with Gasteiger partial charge >= 0.3 is 5.97 Å². The molecule has 1 aliphatic rings. The van der Waals surface area contributed by atoms with Crippen molar-refractivity contribution in [2.75, 3.05) is 19.7 Å². The van der Waals surface area contributed by atoms with E-state index in [1.165, 1.54) is 4.70 Å². The summed E-state index contributed by atoms with van der Waals surface area (Å²) >= 11 is 1.71. The minimum absolute atomic E-state index is 0.128. The van der Waals surface area contributed by atoms with Crippen LogP contribution in [-0.4, -0.2) is 41.5 Å². The number of likely N-dealkylation sites (tertiary alicyclic amines) is 1. The lowest BCUT2D eigenvalue weighted by Crippen LogP contribution is -2.41. The van der Waals surface area contributed by atoms with Crippen molar-refractivity contribution in [2.24, 2.45) is 0 Å². The molecule has 2 atom stereocenters. The zero-order valence-electron chi connectivity index (χ0n) is 17.1. The molecule has 5 nitrogen and oxygen atoms in total. The van der Waals surface area contributed by atoms with Gasteiger partial charge in [0.1, 0.15) is 0 Å². The molecule has 0 saturated carbocycles. The number of hydrogen-bond donors (Lipinski definition) is 0. The maximum Gasteiger partial charge on any atom is 0.313 e. The molecule has 0 aliphatic carbocycles. The largest absolute Gasteiger partial charge is 0.455 e. The second kappa shape index (κ2) is 9.39. The van der Waals surface area contributed by atoms with E-state index in [1.54, 1.807) is 11.3 Å². The van der Waals surface area contributed by atoms with E-state index in [9.17, 15) is 9.59 Å². The molecular formula is C24H26N2O3S. The first-order valence-electron chi connectivity index (χ1n) is 10.5. The van der Waals surface area contributed by atoms with E-state index in [-0.39, 0.29) is 30.3 Å². The molecule has 2 aromatic carbocycles. The Balaban J connectivity index is 1.35. The third kappa shape index (κ3) is 4.54. The second-order valence-corrected chi connectivity index (χ2v) is 8.74. The van der Waals surface area contributed by atoms with Gasteiger partial charge in [0.05, 0.1) is 21.1 Å². The lowest BCUT2D eigenvalue weighted by Gasteiger charge is -2.31. The van der Waals surface area contributed by atoms with Gasteiger partial charge in [0.2, 0.25) is 0 Å². The Morgan fingerprint density at radius 3 is 2.70 bits per heavy atom. The van der Waals surface area contributed by atoms with Crippen molar-refractivity contribution in [2.45, 2.75) is 38.0 Å². The molecule has 1 aliphatic heterocycles. The van der Waals surface area contributed by atoms with Crippen LogP contribution in [0.4, 0.5) is 0 Å². The number of hydrogen-bond acceptors (Lipinski definition) is 5. The van der Waals surface area contributed by atoms with Gasteiger partial charge in [0.15, 0.2) is 6.61 Å². The molecule has 2 heterocycles. The van der Waals surface area contributed by atoms with Crippen molar-refractivity contribution >= 4 is 33.4 Å². The van der Waals surface area contributed by atoms with Crippen LogP contribution in [0, 0.1) is 0 Å². The maximum atomic E-state index is 12.7. The van der Waals surface area contributed by atoms with Gasteiger partial charge in [-0.25, -0.2) is 4.98 Å². The molecule has 0 spiro atoms. The summed E-state index contributed by atoms with van der Waals surface area (Å²) in [6.45, 7) is 3.09. The Labute approximate surface area is 180 Å². The van der Waals surface area contributed by atoms with Crippen molar-refractivity contribution in [1.82, 2.24) is 9.88 Å². The average molecular weight is 423 g/mol. The third-order valence-electron chi connectivity index (χ3n) is 5.67. The monoisotopic (exact) mass is 422 g/mol. The van der Waals surface area contributed by atoms with Crippen LogP contribution >= 0.6 is 11.3 Å². The highest BCUT2D eigenvalue weighted by atomic mass is 32.1. The first-order chi connectivity index (χ1) is 14.7. The van der Waals surface area contributed by atoms with Crippen molar-refractivity contribution in [3.8, 4) is 0 Å². The molecule has 6 heteroatoms. The smallest absolute Gasteiger partial charge is 0.313 e. The Bertz CT molecular complexity index is 984. The third-order valence-corrected chi connectivity index (χ3v) is 6.87. The zero-order chi connectivity index (χ0) is 20.9. The van der Waals surface area contributed by atoms with Gasteiger partial charge in [-0.3, -0.25) is 9.59 Å². The average Bonchev–Trinajstić information content (AvgIpc) is 3.23. The van der Waals surface area contributed by atoms with E-state index in [1.807, 2.05) is 60.4 Å². The number of nitrogens with zero attached hydrogens (tertiary/aromatic N) is 2. The molecule has 1 amide bonds. The SMILES string of the molecule is CC[C@H](C(=O)OCC(=O)N1CCC[C@H](c2nc3ccccc3s2)C1)c1ccccc1. The highest BCUT2D eigenvalue weighted by molar-refractivity contribution is 7.18. The van der Waals surface area contributed by atoms with Gasteiger partial charge in [-0.2, -0.15) is 0 Å². The predicted octanol–water partition coefficient (Wildman–Crippen LogP) is 4.74. The molecule has 156 valence electrons. The maximum absolute atomic E-state index is 12.7. The fourth-order valence-electron chi connectivity index (χ4n) is 4.02. The Hall–Kier alpha value is -2.73. The highest BCUT2D eigenvalue weighted by Gasteiger charge is 2.28. The Kier molecular flexibility index (Phi) is 6.43. The van der Waals surface area contributed by atoms with Crippen LogP contribution in [-0.2, 0) is 14.3 Å². The number of esters is 1. The molecule has 4 rings (SSSR count). The van der Waals surface area contributed by atoms with Gasteiger partial charge in [0, 0.05) is 19.0 Å². The summed E-state index contributed by atoms with van der Waals surface area (Å²) in [5, 5.41) is 1.08. The molecule has 0 bridgehead atoms. The van der Waals surface area contributed by atoms with E-state index in [0.717, 1.165) is 28.9 Å². The number of carbonyl (C=O) groups excluding carboxylic acids is 2. The van der Waals surface area contributed by atoms with Crippen LogP contribution in [0.2, 0.25) is 0 Å². The first kappa shape index (κ1) is 20.5. The van der Waals surface area contributed by atoms with E-state index < -0.39 is 0 Å². The number of piperidine rings is 1. The number of aromatic nitrogens is 1. The van der Waals surface area contributed by atoms with Gasteiger partial charge in [-0.05, 0) is 37.0 Å². The molecule has 1 aromatic heterocycles. The topological polar surface area (TPSA) is 59.5 Å². The van der Waals surface area contributed by atoms with Gasteiger partial charge < -0.3 is 9.64 Å². The molecule has 0 radical (unpaired) electrons. The molecule has 0 N–H and O–H groups in total. The fourth-order valence-corrected chi connectivity index (χ4v) is 5.11. The van der Waals surface area contributed by atoms with Crippen molar-refractivity contribution in [1.29, 1.82) is 0 Å². The normalized spacial score (nSPS) is 17.6. The Morgan fingerprint density at radius 2 is 1.93 bits per heavy atom. The number of amides is 1. The lowest BCUT2D eigenvalue weighted by atomic mass is 9.97. The second-order valence-electron chi connectivity index (χ2n) is 7.68. The number of rotatable bonds is 6. The van der Waals surface area contributed by atoms with Gasteiger partial charge in [-0.15, -0.1) is 11.3 Å². The number of carbonyl (C=O) groups is 2. The number of benzene rings is 2. The molecule has 0 unspecified atom stereocenters. The van der Waals surface area contributed by atoms with Gasteiger partial charge in [-0.1, -0.05) is 49.4 Å².